The lowest BCUT2D eigenvalue weighted by atomic mass is 9.96. The first-order valence-electron chi connectivity index (χ1n) is 10.2. The molecular weight excluding hydrogens is 353 g/mol. The Morgan fingerprint density at radius 3 is 2.71 bits per heavy atom. The highest BCUT2D eigenvalue weighted by molar-refractivity contribution is 5.94. The van der Waals surface area contributed by atoms with E-state index < -0.39 is 0 Å². The summed E-state index contributed by atoms with van der Waals surface area (Å²) in [7, 11) is 2.15. The van der Waals surface area contributed by atoms with Crippen molar-refractivity contribution in [2.45, 2.75) is 31.7 Å². The second-order valence-corrected chi connectivity index (χ2v) is 7.89. The maximum Gasteiger partial charge on any atom is 0.251 e. The zero-order valence-corrected chi connectivity index (χ0v) is 16.5. The summed E-state index contributed by atoms with van der Waals surface area (Å²) in [5.74, 6) is -0.607. The Bertz CT molecular complexity index is 847. The molecule has 0 aromatic heterocycles. The fourth-order valence-electron chi connectivity index (χ4n) is 4.44. The number of benzene rings is 2. The van der Waals surface area contributed by atoms with Crippen LogP contribution in [0.2, 0.25) is 0 Å². The van der Waals surface area contributed by atoms with E-state index in [1.54, 1.807) is 12.1 Å². The third kappa shape index (κ3) is 4.04. The molecule has 1 atom stereocenters. The predicted molar refractivity (Wildman–Crippen MR) is 110 cm³/mol. The molecule has 1 fully saturated rings. The van der Waals surface area contributed by atoms with Gasteiger partial charge >= 0.3 is 0 Å². The summed E-state index contributed by atoms with van der Waals surface area (Å²) < 4.78 is 13.4. The summed E-state index contributed by atoms with van der Waals surface area (Å²) in [6, 6.07) is 12.8. The number of aryl methyl sites for hydroxylation is 1. The van der Waals surface area contributed by atoms with Crippen molar-refractivity contribution in [3.63, 3.8) is 0 Å². The molecule has 28 heavy (non-hydrogen) atoms. The van der Waals surface area contributed by atoms with Gasteiger partial charge in [-0.3, -0.25) is 9.69 Å². The van der Waals surface area contributed by atoms with E-state index in [2.05, 4.69) is 40.4 Å². The molecule has 1 saturated heterocycles. The van der Waals surface area contributed by atoms with Gasteiger partial charge < -0.3 is 10.2 Å². The smallest absolute Gasteiger partial charge is 0.251 e. The van der Waals surface area contributed by atoms with Crippen LogP contribution in [0.25, 0.3) is 0 Å². The Kier molecular flexibility index (Phi) is 5.62. The molecule has 2 aliphatic rings. The molecule has 2 aliphatic heterocycles. The molecule has 2 aromatic carbocycles. The summed E-state index contributed by atoms with van der Waals surface area (Å²) in [5.41, 5.74) is 4.34. The van der Waals surface area contributed by atoms with E-state index in [1.165, 1.54) is 48.2 Å². The van der Waals surface area contributed by atoms with Gasteiger partial charge in [-0.15, -0.1) is 0 Å². The number of hydrogen-bond donors (Lipinski definition) is 1. The number of hydrogen-bond acceptors (Lipinski definition) is 3. The van der Waals surface area contributed by atoms with Crippen molar-refractivity contribution in [2.24, 2.45) is 0 Å². The van der Waals surface area contributed by atoms with E-state index >= 15 is 0 Å². The van der Waals surface area contributed by atoms with Crippen molar-refractivity contribution in [1.82, 2.24) is 10.2 Å². The number of nitrogens with zero attached hydrogens (tertiary/aromatic N) is 2. The van der Waals surface area contributed by atoms with Gasteiger partial charge in [-0.25, -0.2) is 4.39 Å². The number of amides is 1. The Hall–Kier alpha value is -2.40. The summed E-state index contributed by atoms with van der Waals surface area (Å²) in [6.45, 7) is 3.74. The minimum absolute atomic E-state index is 0.151. The number of fused-ring (bicyclic) bond motifs is 1. The van der Waals surface area contributed by atoms with Crippen LogP contribution < -0.4 is 10.2 Å². The van der Waals surface area contributed by atoms with Crippen LogP contribution in [-0.4, -0.2) is 44.0 Å². The van der Waals surface area contributed by atoms with Gasteiger partial charge in [0.1, 0.15) is 5.82 Å². The zero-order valence-electron chi connectivity index (χ0n) is 16.5. The van der Waals surface area contributed by atoms with Gasteiger partial charge in [-0.2, -0.15) is 0 Å². The van der Waals surface area contributed by atoms with Crippen LogP contribution in [0, 0.1) is 5.82 Å². The van der Waals surface area contributed by atoms with Crippen LogP contribution in [0.3, 0.4) is 0 Å². The lowest BCUT2D eigenvalue weighted by Gasteiger charge is -2.32. The minimum atomic E-state index is -0.387. The topological polar surface area (TPSA) is 35.6 Å². The Morgan fingerprint density at radius 1 is 1.11 bits per heavy atom. The zero-order chi connectivity index (χ0) is 19.5. The van der Waals surface area contributed by atoms with Crippen molar-refractivity contribution < 1.29 is 9.18 Å². The molecule has 0 saturated carbocycles. The fourth-order valence-corrected chi connectivity index (χ4v) is 4.44. The molecule has 0 spiro atoms. The van der Waals surface area contributed by atoms with E-state index in [0.717, 1.165) is 26.1 Å². The normalized spacial score (nSPS) is 18.0. The molecule has 0 aliphatic carbocycles. The van der Waals surface area contributed by atoms with Crippen molar-refractivity contribution in [2.75, 3.05) is 38.1 Å². The van der Waals surface area contributed by atoms with E-state index in [4.69, 9.17) is 0 Å². The molecule has 4 rings (SSSR count). The van der Waals surface area contributed by atoms with Gasteiger partial charge in [-0.1, -0.05) is 18.2 Å². The molecular formula is C23H28FN3O. The van der Waals surface area contributed by atoms with Crippen molar-refractivity contribution in [3.8, 4) is 0 Å². The number of halogens is 1. The predicted octanol–water partition coefficient (Wildman–Crippen LogP) is 3.78. The number of carbonyl (C=O) groups is 1. The average Bonchev–Trinajstić information content (AvgIpc) is 3.22. The van der Waals surface area contributed by atoms with Gasteiger partial charge in [0, 0.05) is 31.4 Å². The summed E-state index contributed by atoms with van der Waals surface area (Å²) in [5, 5.41) is 3.03. The highest BCUT2D eigenvalue weighted by atomic mass is 19.1. The van der Waals surface area contributed by atoms with Crippen LogP contribution in [0.15, 0.2) is 42.5 Å². The van der Waals surface area contributed by atoms with Gasteiger partial charge in [-0.05, 0) is 74.2 Å². The van der Waals surface area contributed by atoms with Crippen molar-refractivity contribution in [3.05, 3.63) is 65.0 Å². The highest BCUT2D eigenvalue weighted by Crippen LogP contribution is 2.31. The number of nitrogens with one attached hydrogen (secondary N) is 1. The van der Waals surface area contributed by atoms with Crippen LogP contribution >= 0.6 is 0 Å². The van der Waals surface area contributed by atoms with E-state index in [9.17, 15) is 9.18 Å². The number of carbonyl (C=O) groups excluding carboxylic acids is 1. The summed E-state index contributed by atoms with van der Waals surface area (Å²) >= 11 is 0. The van der Waals surface area contributed by atoms with Gasteiger partial charge in [0.25, 0.3) is 5.91 Å². The molecule has 1 N–H and O–H groups in total. The van der Waals surface area contributed by atoms with Crippen molar-refractivity contribution in [1.29, 1.82) is 0 Å². The number of rotatable bonds is 5. The Morgan fingerprint density at radius 2 is 1.93 bits per heavy atom. The van der Waals surface area contributed by atoms with Crippen molar-refractivity contribution >= 4 is 11.6 Å². The molecule has 0 radical (unpaired) electrons. The van der Waals surface area contributed by atoms with Crippen LogP contribution in [0.1, 0.15) is 46.8 Å². The van der Waals surface area contributed by atoms with E-state index in [0.29, 0.717) is 12.1 Å². The van der Waals surface area contributed by atoms with E-state index in [1.807, 2.05) is 0 Å². The van der Waals surface area contributed by atoms with Gasteiger partial charge in [0.15, 0.2) is 0 Å². The summed E-state index contributed by atoms with van der Waals surface area (Å²) in [6.07, 6.45) is 4.68. The molecule has 2 heterocycles. The molecule has 1 amide bonds. The molecule has 1 unspecified atom stereocenters. The monoisotopic (exact) mass is 381 g/mol. The lowest BCUT2D eigenvalue weighted by molar-refractivity contribution is 0.0937. The molecule has 148 valence electrons. The van der Waals surface area contributed by atoms with Crippen LogP contribution in [-0.2, 0) is 6.42 Å². The summed E-state index contributed by atoms with van der Waals surface area (Å²) in [4.78, 5) is 17.3. The average molecular weight is 381 g/mol. The standard InChI is InChI=1S/C23H28FN3O/c1-26-11-5-7-17-14-18(9-10-21(17)26)22(27-12-2-3-13-27)16-25-23(28)19-6-4-8-20(24)15-19/h4,6,8-10,14-15,22H,2-3,5,7,11-13,16H2,1H3,(H,25,28). The molecule has 2 aromatic rings. The second-order valence-electron chi connectivity index (χ2n) is 7.89. The quantitative estimate of drug-likeness (QED) is 0.856. The second kappa shape index (κ2) is 8.31. The van der Waals surface area contributed by atoms with Crippen LogP contribution in [0.4, 0.5) is 10.1 Å². The first kappa shape index (κ1) is 18.9. The van der Waals surface area contributed by atoms with Gasteiger partial charge in [0.2, 0.25) is 0 Å². The van der Waals surface area contributed by atoms with Crippen LogP contribution in [0.5, 0.6) is 0 Å². The van der Waals surface area contributed by atoms with E-state index in [-0.39, 0.29) is 17.8 Å². The maximum absolute atomic E-state index is 13.4. The Balaban J connectivity index is 1.53. The number of likely N-dealkylation sites (tertiary alicyclic amines) is 1. The van der Waals surface area contributed by atoms with Gasteiger partial charge in [0.05, 0.1) is 6.04 Å². The first-order valence-corrected chi connectivity index (χ1v) is 10.2. The molecule has 4 nitrogen and oxygen atoms in total. The minimum Gasteiger partial charge on any atom is -0.374 e. The first-order chi connectivity index (χ1) is 13.6. The number of anilines is 1. The molecule has 5 heteroatoms. The largest absolute Gasteiger partial charge is 0.374 e. The highest BCUT2D eigenvalue weighted by Gasteiger charge is 2.25. The fraction of sp³-hybridized carbons (Fsp3) is 0.435. The SMILES string of the molecule is CN1CCCc2cc(C(CNC(=O)c3cccc(F)c3)N3CCCC3)ccc21. The molecule has 0 bridgehead atoms. The third-order valence-corrected chi connectivity index (χ3v) is 5.96. The maximum atomic E-state index is 13.4. The Labute approximate surface area is 166 Å². The lowest BCUT2D eigenvalue weighted by Crippen LogP contribution is -2.37. The third-order valence-electron chi connectivity index (χ3n) is 5.96.